The number of rotatable bonds is 7. The minimum absolute atomic E-state index is 0.594. The van der Waals surface area contributed by atoms with Crippen molar-refractivity contribution in [3.63, 3.8) is 0 Å². The number of hydrogen-bond acceptors (Lipinski definition) is 3. The van der Waals surface area contributed by atoms with Gasteiger partial charge in [0.2, 0.25) is 0 Å². The molecule has 0 unspecified atom stereocenters. The van der Waals surface area contributed by atoms with Crippen LogP contribution < -0.4 is 16.4 Å². The van der Waals surface area contributed by atoms with Gasteiger partial charge in [0.05, 0.1) is 5.82 Å². The van der Waals surface area contributed by atoms with E-state index in [4.69, 9.17) is 5.73 Å². The van der Waals surface area contributed by atoms with Crippen LogP contribution in [0.15, 0.2) is 42.7 Å². The van der Waals surface area contributed by atoms with Crippen molar-refractivity contribution in [2.45, 2.75) is 32.2 Å². The molecule has 0 aliphatic heterocycles. The summed E-state index contributed by atoms with van der Waals surface area (Å²) in [7, 11) is 0. The van der Waals surface area contributed by atoms with Crippen molar-refractivity contribution in [2.75, 3.05) is 13.1 Å². The Morgan fingerprint density at radius 1 is 1.05 bits per heavy atom. The average Bonchev–Trinajstić information content (AvgIpc) is 2.47. The van der Waals surface area contributed by atoms with E-state index in [-0.39, 0.29) is 0 Å². The van der Waals surface area contributed by atoms with Crippen molar-refractivity contribution >= 4 is 0 Å². The van der Waals surface area contributed by atoms with Crippen molar-refractivity contribution in [1.29, 1.82) is 0 Å². The fraction of sp³-hybridized carbons (Fsp3) is 0.529. The first kappa shape index (κ1) is 14.9. The topological polar surface area (TPSA) is 50.1 Å². The maximum absolute atomic E-state index is 5.54. The van der Waals surface area contributed by atoms with Gasteiger partial charge in [-0.1, -0.05) is 36.9 Å². The highest BCUT2D eigenvalue weighted by atomic mass is 15.0. The van der Waals surface area contributed by atoms with Gasteiger partial charge in [-0.2, -0.15) is 0 Å². The van der Waals surface area contributed by atoms with E-state index in [1.807, 2.05) is 0 Å². The summed E-state index contributed by atoms with van der Waals surface area (Å²) >= 11 is 0. The normalized spacial score (nSPS) is 22.4. The highest BCUT2D eigenvalue weighted by Gasteiger charge is 2.20. The molecular weight excluding hydrogens is 246 g/mol. The maximum Gasteiger partial charge on any atom is 0.0885 e. The zero-order valence-corrected chi connectivity index (χ0v) is 12.3. The molecule has 1 aromatic carbocycles. The van der Waals surface area contributed by atoms with Gasteiger partial charge in [0.1, 0.15) is 0 Å². The molecule has 0 heterocycles. The van der Waals surface area contributed by atoms with Crippen LogP contribution in [0, 0.1) is 11.8 Å². The van der Waals surface area contributed by atoms with E-state index in [2.05, 4.69) is 47.5 Å². The largest absolute Gasteiger partial charge is 0.386 e. The lowest BCUT2D eigenvalue weighted by Crippen LogP contribution is -2.31. The third-order valence-electron chi connectivity index (χ3n) is 4.19. The van der Waals surface area contributed by atoms with Crippen LogP contribution in [0.25, 0.3) is 0 Å². The van der Waals surface area contributed by atoms with Gasteiger partial charge in [-0.15, -0.1) is 0 Å². The van der Waals surface area contributed by atoms with Gasteiger partial charge >= 0.3 is 0 Å². The molecule has 3 heteroatoms. The van der Waals surface area contributed by atoms with Crippen LogP contribution in [0.4, 0.5) is 0 Å². The summed E-state index contributed by atoms with van der Waals surface area (Å²) in [6, 6.07) is 10.6. The molecule has 0 aromatic heterocycles. The molecule has 1 aromatic rings. The molecule has 3 nitrogen and oxygen atoms in total. The summed E-state index contributed by atoms with van der Waals surface area (Å²) in [4.78, 5) is 0. The van der Waals surface area contributed by atoms with Gasteiger partial charge in [-0.25, -0.2) is 0 Å². The van der Waals surface area contributed by atoms with Gasteiger partial charge in [0, 0.05) is 13.1 Å². The molecule has 0 spiro atoms. The van der Waals surface area contributed by atoms with Crippen molar-refractivity contribution in [3.8, 4) is 0 Å². The number of benzene rings is 1. The number of nitrogens with two attached hydrogens (primary N) is 1. The lowest BCUT2D eigenvalue weighted by Gasteiger charge is -2.29. The van der Waals surface area contributed by atoms with E-state index in [0.717, 1.165) is 31.5 Å². The lowest BCUT2D eigenvalue weighted by atomic mass is 9.82. The van der Waals surface area contributed by atoms with Crippen molar-refractivity contribution in [3.05, 3.63) is 48.3 Å². The molecule has 0 radical (unpaired) electrons. The van der Waals surface area contributed by atoms with Gasteiger partial charge in [-0.3, -0.25) is 0 Å². The van der Waals surface area contributed by atoms with E-state index in [1.165, 1.54) is 31.2 Å². The van der Waals surface area contributed by atoms with Gasteiger partial charge < -0.3 is 16.4 Å². The van der Waals surface area contributed by atoms with Crippen molar-refractivity contribution in [2.24, 2.45) is 17.6 Å². The zero-order valence-electron chi connectivity index (χ0n) is 12.3. The average molecular weight is 273 g/mol. The first-order chi connectivity index (χ1) is 9.74. The molecule has 0 saturated heterocycles. The van der Waals surface area contributed by atoms with E-state index in [0.29, 0.717) is 5.82 Å². The summed E-state index contributed by atoms with van der Waals surface area (Å²) < 4.78 is 0. The standard InChI is InChI=1S/C17H27N3/c1-14(18)20-13-17-9-7-16(8-10-17)12-19-11-15-5-3-2-4-6-15/h2-6,16-17,19-20H,1,7-13,18H2/t16-,17+. The second-order valence-corrected chi connectivity index (χ2v) is 5.91. The quantitative estimate of drug-likeness (QED) is 0.716. The fourth-order valence-corrected chi connectivity index (χ4v) is 2.93. The summed E-state index contributed by atoms with van der Waals surface area (Å²) in [6.07, 6.45) is 5.26. The van der Waals surface area contributed by atoms with Crippen LogP contribution in [0.1, 0.15) is 31.2 Å². The van der Waals surface area contributed by atoms with Crippen LogP contribution in [-0.4, -0.2) is 13.1 Å². The summed E-state index contributed by atoms with van der Waals surface area (Å²) in [5.74, 6) is 2.19. The Labute approximate surface area is 122 Å². The molecule has 2 rings (SSSR count). The minimum Gasteiger partial charge on any atom is -0.386 e. The number of hydrogen-bond donors (Lipinski definition) is 3. The smallest absolute Gasteiger partial charge is 0.0885 e. The molecule has 4 N–H and O–H groups in total. The van der Waals surface area contributed by atoms with Crippen molar-refractivity contribution in [1.82, 2.24) is 10.6 Å². The SMILES string of the molecule is C=C(N)NC[C@H]1CC[C@@H](CNCc2ccccc2)CC1. The predicted molar refractivity (Wildman–Crippen MR) is 84.9 cm³/mol. The van der Waals surface area contributed by atoms with E-state index in [9.17, 15) is 0 Å². The molecule has 1 fully saturated rings. The third-order valence-corrected chi connectivity index (χ3v) is 4.19. The number of nitrogens with one attached hydrogen (secondary N) is 2. The van der Waals surface area contributed by atoms with Crippen LogP contribution in [-0.2, 0) is 6.54 Å². The summed E-state index contributed by atoms with van der Waals surface area (Å²) in [5.41, 5.74) is 6.91. The van der Waals surface area contributed by atoms with Crippen LogP contribution in [0.2, 0.25) is 0 Å². The van der Waals surface area contributed by atoms with Crippen LogP contribution in [0.5, 0.6) is 0 Å². The highest BCUT2D eigenvalue weighted by molar-refractivity contribution is 5.14. The molecule has 1 aliphatic rings. The first-order valence-corrected chi connectivity index (χ1v) is 7.67. The minimum atomic E-state index is 0.594. The summed E-state index contributed by atoms with van der Waals surface area (Å²) in [5, 5.41) is 6.75. The Morgan fingerprint density at radius 2 is 1.65 bits per heavy atom. The Morgan fingerprint density at radius 3 is 2.25 bits per heavy atom. The molecule has 0 bridgehead atoms. The molecule has 0 atom stereocenters. The molecular formula is C17H27N3. The monoisotopic (exact) mass is 273 g/mol. The Kier molecular flexibility index (Phi) is 5.93. The Balaban J connectivity index is 1.59. The Bertz CT molecular complexity index is 394. The first-order valence-electron chi connectivity index (χ1n) is 7.67. The summed E-state index contributed by atoms with van der Waals surface area (Å²) in [6.45, 7) is 6.79. The van der Waals surface area contributed by atoms with E-state index < -0.39 is 0 Å². The molecule has 1 saturated carbocycles. The van der Waals surface area contributed by atoms with Gasteiger partial charge in [0.25, 0.3) is 0 Å². The molecule has 20 heavy (non-hydrogen) atoms. The zero-order chi connectivity index (χ0) is 14.2. The van der Waals surface area contributed by atoms with Crippen LogP contribution >= 0.6 is 0 Å². The molecule has 1 aliphatic carbocycles. The Hall–Kier alpha value is -1.48. The third kappa shape index (κ3) is 5.25. The maximum atomic E-state index is 5.54. The van der Waals surface area contributed by atoms with E-state index in [1.54, 1.807) is 0 Å². The van der Waals surface area contributed by atoms with Crippen molar-refractivity contribution < 1.29 is 0 Å². The van der Waals surface area contributed by atoms with E-state index >= 15 is 0 Å². The second kappa shape index (κ2) is 7.95. The van der Waals surface area contributed by atoms with Crippen LogP contribution in [0.3, 0.4) is 0 Å². The second-order valence-electron chi connectivity index (χ2n) is 5.91. The van der Waals surface area contributed by atoms with Gasteiger partial charge in [-0.05, 0) is 49.6 Å². The predicted octanol–water partition coefficient (Wildman–Crippen LogP) is 2.60. The lowest BCUT2D eigenvalue weighted by molar-refractivity contribution is 0.264. The van der Waals surface area contributed by atoms with Gasteiger partial charge in [0.15, 0.2) is 0 Å². The highest BCUT2D eigenvalue weighted by Crippen LogP contribution is 2.28. The fourth-order valence-electron chi connectivity index (χ4n) is 2.93. The molecule has 0 amide bonds. The molecule has 110 valence electrons.